The number of halogens is 1. The maximum Gasteiger partial charge on any atom is 0.272 e. The van der Waals surface area contributed by atoms with Crippen LogP contribution in [0.25, 0.3) is 0 Å². The number of benzene rings is 1. The predicted octanol–water partition coefficient (Wildman–Crippen LogP) is 1.55. The van der Waals surface area contributed by atoms with E-state index in [0.717, 1.165) is 24.6 Å². The summed E-state index contributed by atoms with van der Waals surface area (Å²) in [6.07, 6.45) is 1.99. The molecule has 1 aromatic carbocycles. The minimum Gasteiger partial charge on any atom is -0.322 e. The highest BCUT2D eigenvalue weighted by molar-refractivity contribution is 5.98. The highest BCUT2D eigenvalue weighted by Crippen LogP contribution is 2.31. The Labute approximate surface area is 102 Å². The molecule has 0 aromatic heterocycles. The quantitative estimate of drug-likeness (QED) is 0.630. The molecule has 2 rings (SSSR count). The third-order valence-corrected chi connectivity index (χ3v) is 3.11. The zero-order valence-electron chi connectivity index (χ0n) is 9.48. The number of rotatable bonds is 3. The number of amides is 1. The molecule has 0 saturated heterocycles. The first-order chi connectivity index (χ1) is 8.42. The van der Waals surface area contributed by atoms with Crippen LogP contribution in [0.3, 0.4) is 0 Å². The summed E-state index contributed by atoms with van der Waals surface area (Å²) in [6.45, 7) is 0. The van der Waals surface area contributed by atoms with Crippen LogP contribution in [0.4, 0.5) is 15.8 Å². The Bertz CT molecular complexity index is 514. The van der Waals surface area contributed by atoms with E-state index in [2.05, 4.69) is 5.32 Å². The lowest BCUT2D eigenvalue weighted by molar-refractivity contribution is -0.385. The first-order valence-corrected chi connectivity index (χ1v) is 5.47. The van der Waals surface area contributed by atoms with Crippen molar-refractivity contribution in [1.29, 1.82) is 0 Å². The van der Waals surface area contributed by atoms with E-state index in [-0.39, 0.29) is 11.4 Å². The average molecular weight is 253 g/mol. The van der Waals surface area contributed by atoms with Crippen molar-refractivity contribution in [3.05, 3.63) is 34.1 Å². The van der Waals surface area contributed by atoms with E-state index < -0.39 is 22.2 Å². The van der Waals surface area contributed by atoms with Gasteiger partial charge in [0.15, 0.2) is 5.82 Å². The van der Waals surface area contributed by atoms with Crippen LogP contribution >= 0.6 is 0 Å². The molecule has 3 N–H and O–H groups in total. The maximum atomic E-state index is 13.5. The normalized spacial score (nSPS) is 16.8. The van der Waals surface area contributed by atoms with Crippen molar-refractivity contribution in [2.75, 3.05) is 5.32 Å². The number of nitrogens with one attached hydrogen (secondary N) is 1. The van der Waals surface area contributed by atoms with Crippen molar-refractivity contribution in [3.63, 3.8) is 0 Å². The molecule has 1 amide bonds. The van der Waals surface area contributed by atoms with Gasteiger partial charge in [0.1, 0.15) is 0 Å². The van der Waals surface area contributed by atoms with Crippen molar-refractivity contribution >= 4 is 17.3 Å². The first kappa shape index (κ1) is 12.4. The van der Waals surface area contributed by atoms with Crippen LogP contribution in [-0.4, -0.2) is 16.4 Å². The molecule has 6 nitrogen and oxygen atoms in total. The number of nitrogens with two attached hydrogens (primary N) is 1. The summed E-state index contributed by atoms with van der Waals surface area (Å²) < 4.78 is 13.5. The number of nitro benzene ring substituents is 1. The molecule has 0 aliphatic heterocycles. The number of carbonyl (C=O) groups excluding carboxylic acids is 1. The molecule has 96 valence electrons. The van der Waals surface area contributed by atoms with Gasteiger partial charge in [0.2, 0.25) is 5.91 Å². The molecule has 7 heteroatoms. The van der Waals surface area contributed by atoms with Gasteiger partial charge in [0.05, 0.1) is 22.2 Å². The fourth-order valence-electron chi connectivity index (χ4n) is 1.75. The number of nitrogens with zero attached hydrogens (tertiary/aromatic N) is 1. The molecule has 1 fully saturated rings. The van der Waals surface area contributed by atoms with Gasteiger partial charge >= 0.3 is 0 Å². The fraction of sp³-hybridized carbons (Fsp3) is 0.364. The third kappa shape index (κ3) is 2.17. The molecule has 18 heavy (non-hydrogen) atoms. The van der Waals surface area contributed by atoms with E-state index in [0.29, 0.717) is 12.8 Å². The molecule has 1 aliphatic carbocycles. The first-order valence-electron chi connectivity index (χ1n) is 5.47. The zero-order chi connectivity index (χ0) is 13.3. The van der Waals surface area contributed by atoms with Gasteiger partial charge < -0.3 is 11.1 Å². The Balaban J connectivity index is 2.15. The highest BCUT2D eigenvalue weighted by atomic mass is 19.1. The molecule has 0 spiro atoms. The zero-order valence-corrected chi connectivity index (χ0v) is 9.48. The molecule has 0 bridgehead atoms. The van der Waals surface area contributed by atoms with Gasteiger partial charge in [-0.15, -0.1) is 0 Å². The van der Waals surface area contributed by atoms with Gasteiger partial charge in [-0.1, -0.05) is 0 Å². The number of anilines is 1. The van der Waals surface area contributed by atoms with Gasteiger partial charge in [0, 0.05) is 6.07 Å². The van der Waals surface area contributed by atoms with Crippen LogP contribution in [0.5, 0.6) is 0 Å². The standard InChI is InChI=1S/C11H12FN3O3/c12-8-6-7(15(17)18)2-3-9(8)14-10(16)11(13)4-1-5-11/h2-3,6H,1,4-5,13H2,(H,14,16). The molecular formula is C11H12FN3O3. The average Bonchev–Trinajstić information content (AvgIpc) is 2.28. The molecule has 1 saturated carbocycles. The van der Waals surface area contributed by atoms with Crippen LogP contribution in [-0.2, 0) is 4.79 Å². The molecule has 0 heterocycles. The summed E-state index contributed by atoms with van der Waals surface area (Å²) in [6, 6.07) is 3.05. The second-order valence-electron chi connectivity index (χ2n) is 4.39. The summed E-state index contributed by atoms with van der Waals surface area (Å²) in [5, 5.41) is 12.8. The Hall–Kier alpha value is -2.02. The minimum absolute atomic E-state index is 0.0951. The summed E-state index contributed by atoms with van der Waals surface area (Å²) in [7, 11) is 0. The van der Waals surface area contributed by atoms with Crippen molar-refractivity contribution in [2.45, 2.75) is 24.8 Å². The maximum absolute atomic E-state index is 13.5. The molecule has 0 radical (unpaired) electrons. The Morgan fingerprint density at radius 3 is 2.61 bits per heavy atom. The number of nitro groups is 1. The number of carbonyl (C=O) groups is 1. The summed E-state index contributed by atoms with van der Waals surface area (Å²) >= 11 is 0. The Morgan fingerprint density at radius 2 is 2.17 bits per heavy atom. The van der Waals surface area contributed by atoms with E-state index in [4.69, 9.17) is 5.73 Å². The number of non-ortho nitro benzene ring substituents is 1. The van der Waals surface area contributed by atoms with Gasteiger partial charge in [-0.2, -0.15) is 0 Å². The SMILES string of the molecule is NC1(C(=O)Nc2ccc([N+](=O)[O-])cc2F)CCC1. The monoisotopic (exact) mass is 253 g/mol. The van der Waals surface area contributed by atoms with Crippen molar-refractivity contribution in [2.24, 2.45) is 5.73 Å². The van der Waals surface area contributed by atoms with E-state index in [1.807, 2.05) is 0 Å². The Kier molecular flexibility index (Phi) is 3.00. The van der Waals surface area contributed by atoms with Crippen LogP contribution in [0, 0.1) is 15.9 Å². The van der Waals surface area contributed by atoms with Crippen molar-refractivity contribution < 1.29 is 14.1 Å². The van der Waals surface area contributed by atoms with E-state index >= 15 is 0 Å². The van der Waals surface area contributed by atoms with Crippen LogP contribution in [0.1, 0.15) is 19.3 Å². The summed E-state index contributed by atoms with van der Waals surface area (Å²) in [5.74, 6) is -1.30. The predicted molar refractivity (Wildman–Crippen MR) is 62.5 cm³/mol. The third-order valence-electron chi connectivity index (χ3n) is 3.11. The largest absolute Gasteiger partial charge is 0.322 e. The number of hydrogen-bond acceptors (Lipinski definition) is 4. The van der Waals surface area contributed by atoms with Crippen LogP contribution < -0.4 is 11.1 Å². The highest BCUT2D eigenvalue weighted by Gasteiger charge is 2.40. The molecular weight excluding hydrogens is 241 g/mol. The molecule has 1 aliphatic rings. The fourth-order valence-corrected chi connectivity index (χ4v) is 1.75. The Morgan fingerprint density at radius 1 is 1.50 bits per heavy atom. The lowest BCUT2D eigenvalue weighted by atomic mass is 9.77. The van der Waals surface area contributed by atoms with Gasteiger partial charge in [-0.05, 0) is 25.3 Å². The van der Waals surface area contributed by atoms with Gasteiger partial charge in [-0.25, -0.2) is 4.39 Å². The summed E-state index contributed by atoms with van der Waals surface area (Å²) in [4.78, 5) is 21.5. The van der Waals surface area contributed by atoms with Crippen LogP contribution in [0.15, 0.2) is 18.2 Å². The second kappa shape index (κ2) is 4.34. The molecule has 0 atom stereocenters. The minimum atomic E-state index is -0.936. The molecule has 0 unspecified atom stereocenters. The number of hydrogen-bond donors (Lipinski definition) is 2. The molecule has 1 aromatic rings. The van der Waals surface area contributed by atoms with E-state index in [1.165, 1.54) is 0 Å². The van der Waals surface area contributed by atoms with Gasteiger partial charge in [-0.3, -0.25) is 14.9 Å². The van der Waals surface area contributed by atoms with Gasteiger partial charge in [0.25, 0.3) is 5.69 Å². The van der Waals surface area contributed by atoms with Crippen molar-refractivity contribution in [3.8, 4) is 0 Å². The van der Waals surface area contributed by atoms with Crippen LogP contribution in [0.2, 0.25) is 0 Å². The van der Waals surface area contributed by atoms with E-state index in [9.17, 15) is 19.3 Å². The lowest BCUT2D eigenvalue weighted by Gasteiger charge is -2.36. The summed E-state index contributed by atoms with van der Waals surface area (Å²) in [5.41, 5.74) is 4.38. The second-order valence-corrected chi connectivity index (χ2v) is 4.39. The van der Waals surface area contributed by atoms with Crippen molar-refractivity contribution in [1.82, 2.24) is 0 Å². The smallest absolute Gasteiger partial charge is 0.272 e. The topological polar surface area (TPSA) is 98.3 Å². The lowest BCUT2D eigenvalue weighted by Crippen LogP contribution is -2.56. The van der Waals surface area contributed by atoms with E-state index in [1.54, 1.807) is 0 Å².